The Kier molecular flexibility index (Phi) is 21.1. The first-order valence-electron chi connectivity index (χ1n) is 13.4. The fourth-order valence-electron chi connectivity index (χ4n) is 4.37. The summed E-state index contributed by atoms with van der Waals surface area (Å²) in [4.78, 5) is 24.9. The standard InChI is InChI=1S/C34H38O6.4CH4/c1-5-11-27-13-7-9-15-29(27)39-31(33(35)37-3)23-21-25-17-19-26(20-18-25)22-24-32(34(36)38-4)40-30-16-10-8-14-28(30)12-6-2;;;;/h5-10,13-20,31-32H,1-2,11-12,21-24H2,3-4H3;4*1H4. The van der Waals surface area contributed by atoms with Gasteiger partial charge < -0.3 is 18.9 Å². The Morgan fingerprint density at radius 2 is 0.955 bits per heavy atom. The molecule has 6 nitrogen and oxygen atoms in total. The van der Waals surface area contributed by atoms with E-state index in [1.807, 2.05) is 72.8 Å². The van der Waals surface area contributed by atoms with E-state index in [2.05, 4.69) is 13.2 Å². The SMILES string of the molecule is C.C.C.C.C=CCc1ccccc1OC(CCc1ccc(CCC(Oc2ccccc2CC=C)C(=O)OC)cc1)C(=O)OC. The van der Waals surface area contributed by atoms with Crippen molar-refractivity contribution < 1.29 is 28.5 Å². The van der Waals surface area contributed by atoms with Crippen molar-refractivity contribution in [2.45, 2.75) is 80.4 Å². The third kappa shape index (κ3) is 12.5. The second-order valence-electron chi connectivity index (χ2n) is 9.35. The van der Waals surface area contributed by atoms with Crippen molar-refractivity contribution in [3.8, 4) is 11.5 Å². The third-order valence-corrected chi connectivity index (χ3v) is 6.55. The molecular weight excluding hydrogens is 552 g/mol. The minimum atomic E-state index is -0.724. The fraction of sp³-hybridized carbons (Fsp3) is 0.368. The van der Waals surface area contributed by atoms with E-state index in [0.29, 0.717) is 50.0 Å². The third-order valence-electron chi connectivity index (χ3n) is 6.55. The molecule has 3 aromatic rings. The number of hydrogen-bond acceptors (Lipinski definition) is 6. The van der Waals surface area contributed by atoms with Crippen molar-refractivity contribution in [3.63, 3.8) is 0 Å². The van der Waals surface area contributed by atoms with E-state index in [4.69, 9.17) is 18.9 Å². The largest absolute Gasteiger partial charge is 0.478 e. The van der Waals surface area contributed by atoms with Gasteiger partial charge in [0, 0.05) is 0 Å². The van der Waals surface area contributed by atoms with Crippen molar-refractivity contribution in [2.75, 3.05) is 14.2 Å². The average Bonchev–Trinajstić information content (AvgIpc) is 2.99. The molecule has 242 valence electrons. The van der Waals surface area contributed by atoms with E-state index in [1.54, 1.807) is 12.2 Å². The molecule has 6 heteroatoms. The molecule has 0 bridgehead atoms. The van der Waals surface area contributed by atoms with Crippen LogP contribution in [0.5, 0.6) is 11.5 Å². The fourth-order valence-corrected chi connectivity index (χ4v) is 4.37. The van der Waals surface area contributed by atoms with Gasteiger partial charge in [-0.05, 0) is 72.9 Å². The van der Waals surface area contributed by atoms with Crippen LogP contribution in [0.25, 0.3) is 0 Å². The van der Waals surface area contributed by atoms with Crippen molar-refractivity contribution in [2.24, 2.45) is 0 Å². The van der Waals surface area contributed by atoms with E-state index in [9.17, 15) is 9.59 Å². The first-order chi connectivity index (χ1) is 19.5. The van der Waals surface area contributed by atoms with Gasteiger partial charge in [-0.3, -0.25) is 0 Å². The summed E-state index contributed by atoms with van der Waals surface area (Å²) < 4.78 is 22.2. The zero-order valence-electron chi connectivity index (χ0n) is 23.3. The number of para-hydroxylation sites is 2. The van der Waals surface area contributed by atoms with Gasteiger partial charge in [0.15, 0.2) is 12.2 Å². The lowest BCUT2D eigenvalue weighted by molar-refractivity contribution is -0.149. The molecule has 44 heavy (non-hydrogen) atoms. The molecule has 0 heterocycles. The second-order valence-corrected chi connectivity index (χ2v) is 9.35. The molecule has 3 rings (SSSR count). The maximum Gasteiger partial charge on any atom is 0.347 e. The number of hydrogen-bond donors (Lipinski definition) is 0. The maximum absolute atomic E-state index is 12.5. The summed E-state index contributed by atoms with van der Waals surface area (Å²) in [5, 5.41) is 0. The minimum absolute atomic E-state index is 0. The zero-order valence-corrected chi connectivity index (χ0v) is 23.3. The molecule has 2 unspecified atom stereocenters. The number of ether oxygens (including phenoxy) is 4. The van der Waals surface area contributed by atoms with Crippen LogP contribution in [0.1, 0.15) is 64.8 Å². The quantitative estimate of drug-likeness (QED) is 0.120. The molecule has 0 aliphatic carbocycles. The molecule has 0 saturated heterocycles. The Morgan fingerprint density at radius 3 is 1.27 bits per heavy atom. The van der Waals surface area contributed by atoms with Gasteiger partial charge in [-0.25, -0.2) is 9.59 Å². The van der Waals surface area contributed by atoms with Crippen LogP contribution in [-0.2, 0) is 44.7 Å². The summed E-state index contributed by atoms with van der Waals surface area (Å²) in [5.41, 5.74) is 4.07. The van der Waals surface area contributed by atoms with E-state index in [0.717, 1.165) is 22.3 Å². The smallest absolute Gasteiger partial charge is 0.347 e. The molecule has 2 atom stereocenters. The number of benzene rings is 3. The Balaban J connectivity index is 0. The Labute approximate surface area is 266 Å². The number of methoxy groups -OCH3 is 2. The molecular formula is C38H54O6. The van der Waals surface area contributed by atoms with Gasteiger partial charge in [-0.2, -0.15) is 0 Å². The number of esters is 2. The lowest BCUT2D eigenvalue weighted by atomic mass is 10.0. The second kappa shape index (κ2) is 22.3. The molecule has 0 spiro atoms. The van der Waals surface area contributed by atoms with Gasteiger partial charge in [0.2, 0.25) is 0 Å². The topological polar surface area (TPSA) is 71.1 Å². The highest BCUT2D eigenvalue weighted by atomic mass is 16.6. The van der Waals surface area contributed by atoms with Crippen molar-refractivity contribution in [1.82, 2.24) is 0 Å². The summed E-state index contributed by atoms with van der Waals surface area (Å²) >= 11 is 0. The van der Waals surface area contributed by atoms with Crippen LogP contribution in [0.4, 0.5) is 0 Å². The zero-order chi connectivity index (χ0) is 28.7. The van der Waals surface area contributed by atoms with Crippen molar-refractivity contribution in [1.29, 1.82) is 0 Å². The number of allylic oxidation sites excluding steroid dienone is 2. The molecule has 0 N–H and O–H groups in total. The number of carbonyl (C=O) groups excluding carboxylic acids is 2. The van der Waals surface area contributed by atoms with Gasteiger partial charge in [-0.15, -0.1) is 13.2 Å². The van der Waals surface area contributed by atoms with Crippen LogP contribution in [0.15, 0.2) is 98.1 Å². The first-order valence-corrected chi connectivity index (χ1v) is 13.4. The van der Waals surface area contributed by atoms with E-state index in [-0.39, 0.29) is 29.7 Å². The van der Waals surface area contributed by atoms with Gasteiger partial charge in [0.05, 0.1) is 14.2 Å². The van der Waals surface area contributed by atoms with Gasteiger partial charge in [-0.1, -0.05) is 103 Å². The molecule has 0 aliphatic rings. The van der Waals surface area contributed by atoms with Crippen LogP contribution in [0.2, 0.25) is 0 Å². The Morgan fingerprint density at radius 1 is 0.614 bits per heavy atom. The van der Waals surface area contributed by atoms with Gasteiger partial charge in [0.1, 0.15) is 11.5 Å². The minimum Gasteiger partial charge on any atom is -0.478 e. The van der Waals surface area contributed by atoms with Crippen LogP contribution >= 0.6 is 0 Å². The maximum atomic E-state index is 12.5. The molecule has 0 aromatic heterocycles. The normalized spacial score (nSPS) is 11.0. The Bertz CT molecular complexity index is 1170. The van der Waals surface area contributed by atoms with E-state index >= 15 is 0 Å². The highest BCUT2D eigenvalue weighted by Crippen LogP contribution is 2.24. The summed E-state index contributed by atoms with van der Waals surface area (Å²) in [7, 11) is 2.74. The molecule has 3 aromatic carbocycles. The number of carbonyl (C=O) groups is 2. The molecule has 0 amide bonds. The molecule has 0 radical (unpaired) electrons. The number of aryl methyl sites for hydroxylation is 2. The molecule has 0 fully saturated rings. The van der Waals surface area contributed by atoms with E-state index in [1.165, 1.54) is 14.2 Å². The monoisotopic (exact) mass is 606 g/mol. The lowest BCUT2D eigenvalue weighted by Crippen LogP contribution is -2.29. The highest BCUT2D eigenvalue weighted by Gasteiger charge is 2.23. The van der Waals surface area contributed by atoms with Crippen LogP contribution in [0.3, 0.4) is 0 Å². The van der Waals surface area contributed by atoms with Crippen molar-refractivity contribution >= 4 is 11.9 Å². The van der Waals surface area contributed by atoms with Crippen LogP contribution in [-0.4, -0.2) is 38.4 Å². The lowest BCUT2D eigenvalue weighted by Gasteiger charge is -2.19. The van der Waals surface area contributed by atoms with Gasteiger partial charge >= 0.3 is 11.9 Å². The molecule has 0 aliphatic heterocycles. The predicted octanol–water partition coefficient (Wildman–Crippen LogP) is 8.79. The van der Waals surface area contributed by atoms with Crippen molar-refractivity contribution in [3.05, 3.63) is 120 Å². The number of rotatable bonds is 16. The average molecular weight is 607 g/mol. The summed E-state index contributed by atoms with van der Waals surface area (Å²) in [6, 6.07) is 23.4. The predicted molar refractivity (Wildman–Crippen MR) is 184 cm³/mol. The van der Waals surface area contributed by atoms with Crippen LogP contribution < -0.4 is 9.47 Å². The summed E-state index contributed by atoms with van der Waals surface area (Å²) in [5.74, 6) is 0.493. The Hall–Kier alpha value is -4.32. The van der Waals surface area contributed by atoms with Gasteiger partial charge in [0.25, 0.3) is 0 Å². The molecule has 0 saturated carbocycles. The first kappa shape index (κ1) is 41.8. The van der Waals surface area contributed by atoms with Crippen LogP contribution in [0, 0.1) is 0 Å². The highest BCUT2D eigenvalue weighted by molar-refractivity contribution is 5.75. The summed E-state index contributed by atoms with van der Waals surface area (Å²) in [6.07, 6.45) is 5.67. The van der Waals surface area contributed by atoms with E-state index < -0.39 is 24.1 Å². The summed E-state index contributed by atoms with van der Waals surface area (Å²) in [6.45, 7) is 7.59.